The van der Waals surface area contributed by atoms with Crippen LogP contribution in [0.1, 0.15) is 22.6 Å². The van der Waals surface area contributed by atoms with Crippen molar-refractivity contribution in [2.75, 3.05) is 38.4 Å². The Bertz CT molecular complexity index is 1010. The van der Waals surface area contributed by atoms with Gasteiger partial charge in [0.1, 0.15) is 5.75 Å². The SMILES string of the molecule is CCOc1cc(/C=N\NC(=O)COc2ccc(C3SCCS3)cc2)cc(Br)c1OCC(=O)OC. The van der Waals surface area contributed by atoms with Gasteiger partial charge in [0.2, 0.25) is 0 Å². The van der Waals surface area contributed by atoms with E-state index in [0.717, 1.165) is 0 Å². The molecule has 1 amide bonds. The highest BCUT2D eigenvalue weighted by atomic mass is 79.9. The van der Waals surface area contributed by atoms with E-state index in [1.165, 1.54) is 30.4 Å². The van der Waals surface area contributed by atoms with Crippen LogP contribution in [-0.4, -0.2) is 56.5 Å². The van der Waals surface area contributed by atoms with Crippen molar-refractivity contribution in [2.24, 2.45) is 5.10 Å². The number of ether oxygens (including phenoxy) is 4. The molecule has 182 valence electrons. The highest BCUT2D eigenvalue weighted by Crippen LogP contribution is 2.45. The number of nitrogens with one attached hydrogen (secondary N) is 1. The highest BCUT2D eigenvalue weighted by molar-refractivity contribution is 9.10. The van der Waals surface area contributed by atoms with E-state index in [-0.39, 0.29) is 19.1 Å². The Morgan fingerprint density at radius 1 is 1.12 bits per heavy atom. The van der Waals surface area contributed by atoms with E-state index in [0.29, 0.717) is 38.5 Å². The third-order valence-electron chi connectivity index (χ3n) is 4.44. The minimum atomic E-state index is -0.507. The van der Waals surface area contributed by atoms with Crippen molar-refractivity contribution in [3.63, 3.8) is 0 Å². The monoisotopic (exact) mass is 568 g/mol. The fourth-order valence-corrected chi connectivity index (χ4v) is 6.32. The van der Waals surface area contributed by atoms with Gasteiger partial charge in [-0.05, 0) is 58.2 Å². The van der Waals surface area contributed by atoms with Crippen LogP contribution in [0.3, 0.4) is 0 Å². The van der Waals surface area contributed by atoms with E-state index in [9.17, 15) is 9.59 Å². The molecule has 0 saturated carbocycles. The predicted octanol–water partition coefficient (Wildman–Crippen LogP) is 4.41. The van der Waals surface area contributed by atoms with E-state index in [1.54, 1.807) is 12.1 Å². The van der Waals surface area contributed by atoms with Crippen molar-refractivity contribution < 1.29 is 28.5 Å². The van der Waals surface area contributed by atoms with E-state index < -0.39 is 5.97 Å². The first-order valence-corrected chi connectivity index (χ1v) is 13.3. The molecule has 0 radical (unpaired) electrons. The van der Waals surface area contributed by atoms with Gasteiger partial charge in [0.25, 0.3) is 5.91 Å². The maximum atomic E-state index is 12.1. The standard InChI is InChI=1S/C23H25BrN2O6S2/c1-3-30-19-11-15(10-18(24)22(19)32-14-21(28)29-2)12-25-26-20(27)13-31-17-6-4-16(5-7-17)23-33-8-9-34-23/h4-7,10-12,23H,3,8-9,13-14H2,1-2H3,(H,26,27)/b25-12-. The molecule has 0 aromatic heterocycles. The molecule has 1 heterocycles. The molecule has 1 N–H and O–H groups in total. The number of halogens is 1. The Balaban J connectivity index is 1.52. The van der Waals surface area contributed by atoms with Crippen LogP contribution < -0.4 is 19.6 Å². The van der Waals surface area contributed by atoms with E-state index in [2.05, 4.69) is 31.2 Å². The van der Waals surface area contributed by atoms with Gasteiger partial charge >= 0.3 is 5.97 Å². The van der Waals surface area contributed by atoms with Crippen molar-refractivity contribution in [2.45, 2.75) is 11.5 Å². The Morgan fingerprint density at radius 3 is 2.53 bits per heavy atom. The fourth-order valence-electron chi connectivity index (χ4n) is 2.89. The molecule has 0 unspecified atom stereocenters. The second-order valence-electron chi connectivity index (χ2n) is 6.85. The first-order valence-electron chi connectivity index (χ1n) is 10.4. The van der Waals surface area contributed by atoms with E-state index in [1.807, 2.05) is 54.7 Å². The second kappa shape index (κ2) is 13.5. The average Bonchev–Trinajstić information content (AvgIpc) is 3.37. The molecule has 1 fully saturated rings. The summed E-state index contributed by atoms with van der Waals surface area (Å²) in [5.41, 5.74) is 4.35. The van der Waals surface area contributed by atoms with Crippen LogP contribution in [0.5, 0.6) is 17.2 Å². The van der Waals surface area contributed by atoms with Crippen molar-refractivity contribution in [3.8, 4) is 17.2 Å². The summed E-state index contributed by atoms with van der Waals surface area (Å²) in [7, 11) is 1.29. The van der Waals surface area contributed by atoms with Crippen molar-refractivity contribution in [3.05, 3.63) is 52.0 Å². The van der Waals surface area contributed by atoms with Crippen LogP contribution in [0.15, 0.2) is 46.0 Å². The van der Waals surface area contributed by atoms with Crippen LogP contribution in [0.4, 0.5) is 0 Å². The van der Waals surface area contributed by atoms with Gasteiger partial charge in [0.05, 0.1) is 29.0 Å². The molecular formula is C23H25BrN2O6S2. The van der Waals surface area contributed by atoms with Gasteiger partial charge in [-0.3, -0.25) is 4.79 Å². The number of rotatable bonds is 11. The number of hydrogen-bond donors (Lipinski definition) is 1. The van der Waals surface area contributed by atoms with Gasteiger partial charge in [-0.2, -0.15) is 5.10 Å². The van der Waals surface area contributed by atoms with E-state index in [4.69, 9.17) is 14.2 Å². The van der Waals surface area contributed by atoms with Crippen molar-refractivity contribution in [1.29, 1.82) is 0 Å². The number of hydrazone groups is 1. The second-order valence-corrected chi connectivity index (χ2v) is 10.4. The number of esters is 1. The molecule has 0 bridgehead atoms. The van der Waals surface area contributed by atoms with Gasteiger partial charge in [-0.1, -0.05) is 12.1 Å². The minimum absolute atomic E-state index is 0.155. The number of benzene rings is 2. The molecule has 1 aliphatic rings. The molecule has 8 nitrogen and oxygen atoms in total. The molecule has 34 heavy (non-hydrogen) atoms. The number of amides is 1. The topological polar surface area (TPSA) is 95.5 Å². The highest BCUT2D eigenvalue weighted by Gasteiger charge is 2.18. The van der Waals surface area contributed by atoms with Gasteiger partial charge in [-0.15, -0.1) is 23.5 Å². The summed E-state index contributed by atoms with van der Waals surface area (Å²) in [5, 5.41) is 3.98. The Morgan fingerprint density at radius 2 is 1.85 bits per heavy atom. The number of carbonyl (C=O) groups is 2. The molecule has 2 aromatic carbocycles. The van der Waals surface area contributed by atoms with Crippen LogP contribution in [0, 0.1) is 0 Å². The molecule has 11 heteroatoms. The molecule has 0 aliphatic carbocycles. The smallest absolute Gasteiger partial charge is 0.343 e. The summed E-state index contributed by atoms with van der Waals surface area (Å²) in [5.74, 6) is 2.88. The van der Waals surface area contributed by atoms with Crippen LogP contribution in [-0.2, 0) is 14.3 Å². The summed E-state index contributed by atoms with van der Waals surface area (Å²) < 4.78 is 22.3. The quantitative estimate of drug-likeness (QED) is 0.242. The molecular weight excluding hydrogens is 544 g/mol. The zero-order valence-corrected chi connectivity index (χ0v) is 22.0. The van der Waals surface area contributed by atoms with Crippen molar-refractivity contribution in [1.82, 2.24) is 5.43 Å². The number of carbonyl (C=O) groups excluding carboxylic acids is 2. The lowest BCUT2D eigenvalue weighted by molar-refractivity contribution is -0.143. The normalized spacial score (nSPS) is 13.6. The summed E-state index contributed by atoms with van der Waals surface area (Å²) >= 11 is 7.29. The lowest BCUT2D eigenvalue weighted by atomic mass is 10.2. The van der Waals surface area contributed by atoms with Gasteiger partial charge < -0.3 is 18.9 Å². The molecule has 0 atom stereocenters. The lowest BCUT2D eigenvalue weighted by Crippen LogP contribution is -2.24. The zero-order chi connectivity index (χ0) is 24.3. The van der Waals surface area contributed by atoms with Crippen LogP contribution >= 0.6 is 39.5 Å². The first-order chi connectivity index (χ1) is 16.5. The molecule has 1 saturated heterocycles. The summed E-state index contributed by atoms with van der Waals surface area (Å²) in [6.07, 6.45) is 1.47. The van der Waals surface area contributed by atoms with Crippen LogP contribution in [0.2, 0.25) is 0 Å². The van der Waals surface area contributed by atoms with Crippen LogP contribution in [0.25, 0.3) is 0 Å². The third kappa shape index (κ3) is 7.85. The first kappa shape index (κ1) is 26.2. The van der Waals surface area contributed by atoms with Gasteiger partial charge in [0, 0.05) is 11.5 Å². The lowest BCUT2D eigenvalue weighted by Gasteiger charge is -2.13. The number of methoxy groups -OCH3 is 1. The molecule has 0 spiro atoms. The maximum Gasteiger partial charge on any atom is 0.343 e. The average molecular weight is 569 g/mol. The van der Waals surface area contributed by atoms with E-state index >= 15 is 0 Å². The molecule has 2 aromatic rings. The zero-order valence-electron chi connectivity index (χ0n) is 18.7. The summed E-state index contributed by atoms with van der Waals surface area (Å²) in [4.78, 5) is 23.5. The van der Waals surface area contributed by atoms with Gasteiger partial charge in [-0.25, -0.2) is 10.2 Å². The Kier molecular flexibility index (Phi) is 10.4. The largest absolute Gasteiger partial charge is 0.490 e. The minimum Gasteiger partial charge on any atom is -0.490 e. The van der Waals surface area contributed by atoms with Gasteiger partial charge in [0.15, 0.2) is 24.7 Å². The number of thioether (sulfide) groups is 2. The molecule has 1 aliphatic heterocycles. The molecule has 3 rings (SSSR count). The fraction of sp³-hybridized carbons (Fsp3) is 0.348. The summed E-state index contributed by atoms with van der Waals surface area (Å²) in [6, 6.07) is 11.2. The maximum absolute atomic E-state index is 12.1. The van der Waals surface area contributed by atoms with Crippen molar-refractivity contribution >= 4 is 57.5 Å². The Hall–Kier alpha value is -2.37. The number of hydrogen-bond acceptors (Lipinski definition) is 9. The third-order valence-corrected chi connectivity index (χ3v) is 8.13. The summed E-state index contributed by atoms with van der Waals surface area (Å²) in [6.45, 7) is 1.83. The Labute approximate surface area is 215 Å². The predicted molar refractivity (Wildman–Crippen MR) is 138 cm³/mol. The number of nitrogens with zero attached hydrogens (tertiary/aromatic N) is 1.